The lowest BCUT2D eigenvalue weighted by atomic mass is 9.95. The molecule has 1 heterocycles. The molecule has 2 amide bonds. The molecule has 1 aliphatic rings. The summed E-state index contributed by atoms with van der Waals surface area (Å²) in [4.78, 5) is 24.5. The Labute approximate surface area is 141 Å². The Morgan fingerprint density at radius 1 is 1.38 bits per heavy atom. The van der Waals surface area contributed by atoms with Crippen molar-refractivity contribution in [2.24, 2.45) is 5.41 Å². The van der Waals surface area contributed by atoms with E-state index in [1.54, 1.807) is 27.7 Å². The normalized spacial score (nSPS) is 19.4. The van der Waals surface area contributed by atoms with E-state index < -0.39 is 32.9 Å². The van der Waals surface area contributed by atoms with Crippen molar-refractivity contribution in [1.29, 1.82) is 0 Å². The molecule has 132 valence electrons. The van der Waals surface area contributed by atoms with Gasteiger partial charge in [0, 0.05) is 12.1 Å². The highest BCUT2D eigenvalue weighted by atomic mass is 32.2. The summed E-state index contributed by atoms with van der Waals surface area (Å²) in [6, 6.07) is 5.87. The predicted octanol–water partition coefficient (Wildman–Crippen LogP) is 0.890. The number of amides is 2. The molecule has 24 heavy (non-hydrogen) atoms. The van der Waals surface area contributed by atoms with Crippen molar-refractivity contribution < 1.29 is 23.1 Å². The smallest absolute Gasteiger partial charge is 0.251 e. The molecular formula is C16H22N2O5S. The van der Waals surface area contributed by atoms with Crippen molar-refractivity contribution in [2.75, 3.05) is 16.6 Å². The number of nitrogens with one attached hydrogen (secondary N) is 1. The quantitative estimate of drug-likeness (QED) is 0.836. The third-order valence-corrected chi connectivity index (χ3v) is 5.63. The molecule has 0 bridgehead atoms. The first-order valence-electron chi connectivity index (χ1n) is 7.52. The van der Waals surface area contributed by atoms with Gasteiger partial charge in [0.15, 0.2) is 0 Å². The van der Waals surface area contributed by atoms with Gasteiger partial charge in [-0.25, -0.2) is 12.7 Å². The fourth-order valence-electron chi connectivity index (χ4n) is 2.43. The summed E-state index contributed by atoms with van der Waals surface area (Å²) in [5.41, 5.74) is -1.71. The number of rotatable bonds is 4. The second-order valence-electron chi connectivity index (χ2n) is 7.26. The van der Waals surface area contributed by atoms with Crippen molar-refractivity contribution in [3.63, 3.8) is 0 Å². The topological polar surface area (TPSA) is 104 Å². The minimum absolute atomic E-state index is 0.0457. The molecule has 0 atom stereocenters. The van der Waals surface area contributed by atoms with Crippen molar-refractivity contribution in [2.45, 2.75) is 33.3 Å². The van der Waals surface area contributed by atoms with E-state index in [0.29, 0.717) is 0 Å². The van der Waals surface area contributed by atoms with Gasteiger partial charge in [0.05, 0.1) is 22.5 Å². The molecule has 7 nitrogen and oxygen atoms in total. The van der Waals surface area contributed by atoms with Gasteiger partial charge in [-0.05, 0) is 45.9 Å². The third kappa shape index (κ3) is 3.76. The van der Waals surface area contributed by atoms with Gasteiger partial charge in [0.2, 0.25) is 15.9 Å². The van der Waals surface area contributed by atoms with Crippen LogP contribution < -0.4 is 9.62 Å². The maximum Gasteiger partial charge on any atom is 0.251 e. The SMILES string of the molecule is CC(C)(O)CNC(=O)c1cccc(N2C(=O)C(C)(C)CS2(=O)=O)c1. The number of carbonyl (C=O) groups excluding carboxylic acids is 2. The number of nitrogens with zero attached hydrogens (tertiary/aromatic N) is 1. The highest BCUT2D eigenvalue weighted by Gasteiger charge is 2.49. The molecule has 2 N–H and O–H groups in total. The summed E-state index contributed by atoms with van der Waals surface area (Å²) in [6.07, 6.45) is 0. The molecule has 0 aliphatic carbocycles. The van der Waals surface area contributed by atoms with E-state index in [-0.39, 0.29) is 23.5 Å². The molecule has 1 saturated heterocycles. The van der Waals surface area contributed by atoms with E-state index >= 15 is 0 Å². The Bertz CT molecular complexity index is 778. The molecule has 1 aliphatic heterocycles. The lowest BCUT2D eigenvalue weighted by molar-refractivity contribution is -0.123. The Hall–Kier alpha value is -1.93. The van der Waals surface area contributed by atoms with E-state index in [4.69, 9.17) is 0 Å². The summed E-state index contributed by atoms with van der Waals surface area (Å²) < 4.78 is 25.4. The van der Waals surface area contributed by atoms with E-state index in [2.05, 4.69) is 5.32 Å². The van der Waals surface area contributed by atoms with E-state index in [1.165, 1.54) is 24.3 Å². The number of sulfonamides is 1. The molecule has 0 saturated carbocycles. The van der Waals surface area contributed by atoms with Gasteiger partial charge in [-0.15, -0.1) is 0 Å². The number of hydrogen-bond donors (Lipinski definition) is 2. The van der Waals surface area contributed by atoms with Crippen LogP contribution in [0.3, 0.4) is 0 Å². The largest absolute Gasteiger partial charge is 0.389 e. The lowest BCUT2D eigenvalue weighted by Crippen LogP contribution is -2.38. The van der Waals surface area contributed by atoms with Crippen LogP contribution in [0.2, 0.25) is 0 Å². The molecule has 0 unspecified atom stereocenters. The molecule has 0 aromatic heterocycles. The fraction of sp³-hybridized carbons (Fsp3) is 0.500. The van der Waals surface area contributed by atoms with Gasteiger partial charge < -0.3 is 10.4 Å². The minimum Gasteiger partial charge on any atom is -0.389 e. The predicted molar refractivity (Wildman–Crippen MR) is 90.1 cm³/mol. The zero-order valence-electron chi connectivity index (χ0n) is 14.2. The second-order valence-corrected chi connectivity index (χ2v) is 9.07. The Morgan fingerprint density at radius 3 is 2.50 bits per heavy atom. The summed E-state index contributed by atoms with van der Waals surface area (Å²) >= 11 is 0. The van der Waals surface area contributed by atoms with Crippen LogP contribution in [0.15, 0.2) is 24.3 Å². The van der Waals surface area contributed by atoms with Gasteiger partial charge in [0.25, 0.3) is 5.91 Å². The average Bonchev–Trinajstić information content (AvgIpc) is 2.59. The maximum absolute atomic E-state index is 12.4. The van der Waals surface area contributed by atoms with Gasteiger partial charge in [-0.3, -0.25) is 9.59 Å². The molecule has 8 heteroatoms. The van der Waals surface area contributed by atoms with Crippen LogP contribution >= 0.6 is 0 Å². The maximum atomic E-state index is 12.4. The van der Waals surface area contributed by atoms with Crippen LogP contribution in [-0.4, -0.2) is 43.2 Å². The molecule has 1 aromatic carbocycles. The van der Waals surface area contributed by atoms with Crippen LogP contribution in [0.4, 0.5) is 5.69 Å². The summed E-state index contributed by atoms with van der Waals surface area (Å²) in [6.45, 7) is 6.31. The van der Waals surface area contributed by atoms with Crippen molar-refractivity contribution in [1.82, 2.24) is 5.32 Å². The number of benzene rings is 1. The Morgan fingerprint density at radius 2 is 2.00 bits per heavy atom. The van der Waals surface area contributed by atoms with Crippen molar-refractivity contribution in [3.05, 3.63) is 29.8 Å². The molecule has 0 radical (unpaired) electrons. The van der Waals surface area contributed by atoms with Gasteiger partial charge >= 0.3 is 0 Å². The zero-order chi connectivity index (χ0) is 18.3. The third-order valence-electron chi connectivity index (χ3n) is 3.61. The van der Waals surface area contributed by atoms with E-state index in [1.807, 2.05) is 0 Å². The molecular weight excluding hydrogens is 332 g/mol. The van der Waals surface area contributed by atoms with Crippen LogP contribution in [0.1, 0.15) is 38.1 Å². The summed E-state index contributed by atoms with van der Waals surface area (Å²) in [5.74, 6) is -1.24. The molecule has 1 fully saturated rings. The zero-order valence-corrected chi connectivity index (χ0v) is 15.0. The summed E-state index contributed by atoms with van der Waals surface area (Å²) in [5, 5.41) is 12.2. The average molecular weight is 354 g/mol. The lowest BCUT2D eigenvalue weighted by Gasteiger charge is -2.19. The molecule has 0 spiro atoms. The first kappa shape index (κ1) is 18.4. The van der Waals surface area contributed by atoms with Crippen molar-refractivity contribution >= 4 is 27.5 Å². The molecule has 2 rings (SSSR count). The van der Waals surface area contributed by atoms with E-state index in [9.17, 15) is 23.1 Å². The van der Waals surface area contributed by atoms with Crippen molar-refractivity contribution in [3.8, 4) is 0 Å². The van der Waals surface area contributed by atoms with Crippen LogP contribution in [0, 0.1) is 5.41 Å². The standard InChI is InChI=1S/C16H22N2O5S/c1-15(2)10-24(22,23)18(14(15)20)12-7-5-6-11(8-12)13(19)17-9-16(3,4)21/h5-8,21H,9-10H2,1-4H3,(H,17,19). The Balaban J connectivity index is 2.31. The number of hydrogen-bond acceptors (Lipinski definition) is 5. The number of carbonyl (C=O) groups is 2. The van der Waals surface area contributed by atoms with Crippen LogP contribution in [0.5, 0.6) is 0 Å². The van der Waals surface area contributed by atoms with Crippen LogP contribution in [0.25, 0.3) is 0 Å². The summed E-state index contributed by atoms with van der Waals surface area (Å²) in [7, 11) is -3.76. The first-order valence-corrected chi connectivity index (χ1v) is 9.12. The minimum atomic E-state index is -3.76. The monoisotopic (exact) mass is 354 g/mol. The number of anilines is 1. The van der Waals surface area contributed by atoms with Crippen LogP contribution in [-0.2, 0) is 14.8 Å². The molecule has 1 aromatic rings. The number of aliphatic hydroxyl groups is 1. The fourth-order valence-corrected chi connectivity index (χ4v) is 4.53. The first-order chi connectivity index (χ1) is 10.8. The van der Waals surface area contributed by atoms with Gasteiger partial charge in [-0.1, -0.05) is 6.07 Å². The highest BCUT2D eigenvalue weighted by Crippen LogP contribution is 2.35. The van der Waals surface area contributed by atoms with E-state index in [0.717, 1.165) is 4.31 Å². The van der Waals surface area contributed by atoms with Gasteiger partial charge in [-0.2, -0.15) is 0 Å². The van der Waals surface area contributed by atoms with Gasteiger partial charge in [0.1, 0.15) is 0 Å². The highest BCUT2D eigenvalue weighted by molar-refractivity contribution is 7.94. The second kappa shape index (κ2) is 5.86. The Kier molecular flexibility index (Phi) is 4.49.